The van der Waals surface area contributed by atoms with Gasteiger partial charge < -0.3 is 24.6 Å². The van der Waals surface area contributed by atoms with E-state index in [1.165, 1.54) is 0 Å². The second-order valence-corrected chi connectivity index (χ2v) is 8.54. The Bertz CT molecular complexity index is 1060. The fourth-order valence-electron chi connectivity index (χ4n) is 3.93. The molecule has 4 rings (SSSR count). The first-order chi connectivity index (χ1) is 16.5. The molecule has 4 amide bonds. The first kappa shape index (κ1) is 23.8. The molecule has 0 radical (unpaired) electrons. The number of nitrogens with one attached hydrogen (secondary N) is 2. The molecule has 2 heterocycles. The van der Waals surface area contributed by atoms with Crippen molar-refractivity contribution < 1.29 is 23.9 Å². The van der Waals surface area contributed by atoms with Gasteiger partial charge in [0.1, 0.15) is 13.2 Å². The minimum absolute atomic E-state index is 0.0436. The quantitative estimate of drug-likeness (QED) is 0.674. The van der Waals surface area contributed by atoms with E-state index in [0.29, 0.717) is 67.2 Å². The second-order valence-electron chi connectivity index (χ2n) is 8.11. The predicted molar refractivity (Wildman–Crippen MR) is 128 cm³/mol. The Morgan fingerprint density at radius 1 is 0.941 bits per heavy atom. The van der Waals surface area contributed by atoms with E-state index in [-0.39, 0.29) is 18.2 Å². The van der Waals surface area contributed by atoms with E-state index >= 15 is 0 Å². The monoisotopic (exact) mass is 486 g/mol. The van der Waals surface area contributed by atoms with Crippen molar-refractivity contribution in [3.05, 3.63) is 53.1 Å². The van der Waals surface area contributed by atoms with Gasteiger partial charge in [-0.1, -0.05) is 17.7 Å². The number of hydrogen-bond acceptors (Lipinski definition) is 6. The molecule has 180 valence electrons. The normalized spacial score (nSPS) is 15.9. The maximum atomic E-state index is 12.8. The molecular formula is C24H27ClN4O5. The van der Waals surface area contributed by atoms with Gasteiger partial charge in [-0.05, 0) is 43.3 Å². The third-order valence-electron chi connectivity index (χ3n) is 5.66. The first-order valence-corrected chi connectivity index (χ1v) is 11.6. The van der Waals surface area contributed by atoms with Crippen molar-refractivity contribution in [1.82, 2.24) is 15.1 Å². The predicted octanol–water partition coefficient (Wildman–Crippen LogP) is 3.00. The number of hydrogen-bond donors (Lipinski definition) is 2. The molecule has 9 nitrogen and oxygen atoms in total. The molecule has 0 aliphatic carbocycles. The molecule has 2 N–H and O–H groups in total. The molecule has 0 saturated carbocycles. The summed E-state index contributed by atoms with van der Waals surface area (Å²) in [5.41, 5.74) is 1.08. The molecule has 0 atom stereocenters. The van der Waals surface area contributed by atoms with Crippen molar-refractivity contribution in [2.75, 3.05) is 51.3 Å². The number of rotatable bonds is 5. The smallest absolute Gasteiger partial charge is 0.325 e. The van der Waals surface area contributed by atoms with Crippen LogP contribution in [-0.4, -0.2) is 73.6 Å². The number of fused-ring (bicyclic) bond motifs is 1. The Morgan fingerprint density at radius 2 is 1.76 bits per heavy atom. The number of amides is 4. The van der Waals surface area contributed by atoms with Gasteiger partial charge in [0.2, 0.25) is 5.91 Å². The number of urea groups is 1. The van der Waals surface area contributed by atoms with Crippen LogP contribution in [0, 0.1) is 0 Å². The lowest BCUT2D eigenvalue weighted by atomic mass is 10.2. The molecule has 1 saturated heterocycles. The number of nitrogens with zero attached hydrogens (tertiary/aromatic N) is 2. The molecule has 1 fully saturated rings. The van der Waals surface area contributed by atoms with Crippen LogP contribution in [-0.2, 0) is 4.79 Å². The topological polar surface area (TPSA) is 100 Å². The molecule has 2 aromatic rings. The van der Waals surface area contributed by atoms with Crippen LogP contribution in [0.2, 0.25) is 5.02 Å². The Labute approximate surface area is 202 Å². The van der Waals surface area contributed by atoms with E-state index in [1.54, 1.807) is 42.5 Å². The lowest BCUT2D eigenvalue weighted by Gasteiger charge is -2.22. The van der Waals surface area contributed by atoms with Crippen LogP contribution in [0.4, 0.5) is 10.5 Å². The van der Waals surface area contributed by atoms with Crippen LogP contribution >= 0.6 is 11.6 Å². The highest BCUT2D eigenvalue weighted by molar-refractivity contribution is 6.30. The van der Waals surface area contributed by atoms with E-state index in [4.69, 9.17) is 21.1 Å². The zero-order chi connectivity index (χ0) is 23.9. The van der Waals surface area contributed by atoms with Crippen LogP contribution in [0.15, 0.2) is 42.5 Å². The fourth-order valence-corrected chi connectivity index (χ4v) is 4.12. The van der Waals surface area contributed by atoms with Gasteiger partial charge in [0.25, 0.3) is 5.91 Å². The Balaban J connectivity index is 1.20. The largest absolute Gasteiger partial charge is 0.486 e. The van der Waals surface area contributed by atoms with Gasteiger partial charge in [-0.25, -0.2) is 4.79 Å². The van der Waals surface area contributed by atoms with Crippen LogP contribution in [0.25, 0.3) is 0 Å². The van der Waals surface area contributed by atoms with Crippen LogP contribution < -0.4 is 20.1 Å². The number of benzene rings is 2. The highest BCUT2D eigenvalue weighted by Crippen LogP contribution is 2.32. The summed E-state index contributed by atoms with van der Waals surface area (Å²) in [7, 11) is 0. The van der Waals surface area contributed by atoms with Crippen molar-refractivity contribution in [3.8, 4) is 11.5 Å². The van der Waals surface area contributed by atoms with Crippen molar-refractivity contribution in [2.24, 2.45) is 0 Å². The van der Waals surface area contributed by atoms with E-state index in [1.807, 2.05) is 4.90 Å². The van der Waals surface area contributed by atoms with E-state index in [0.717, 1.165) is 13.0 Å². The molecule has 2 aromatic carbocycles. The van der Waals surface area contributed by atoms with Gasteiger partial charge in [-0.2, -0.15) is 0 Å². The van der Waals surface area contributed by atoms with Crippen molar-refractivity contribution in [2.45, 2.75) is 12.8 Å². The average Bonchev–Trinajstić information content (AvgIpc) is 3.08. The zero-order valence-electron chi connectivity index (χ0n) is 18.7. The Morgan fingerprint density at radius 3 is 2.59 bits per heavy atom. The highest BCUT2D eigenvalue weighted by Gasteiger charge is 2.21. The summed E-state index contributed by atoms with van der Waals surface area (Å²) in [6.45, 7) is 4.08. The Hall–Kier alpha value is -3.30. The van der Waals surface area contributed by atoms with Crippen molar-refractivity contribution in [1.29, 1.82) is 0 Å². The van der Waals surface area contributed by atoms with E-state index < -0.39 is 6.03 Å². The SMILES string of the molecule is O=C(CCN1CCCN(C(=O)c2cccc(Cl)c2)CC1)NC(=O)Nc1ccc2c(c1)OCCO2. The van der Waals surface area contributed by atoms with Crippen LogP contribution in [0.3, 0.4) is 0 Å². The van der Waals surface area contributed by atoms with E-state index in [2.05, 4.69) is 15.5 Å². The first-order valence-electron chi connectivity index (χ1n) is 11.3. The number of carbonyl (C=O) groups is 3. The average molecular weight is 487 g/mol. The maximum Gasteiger partial charge on any atom is 0.325 e. The summed E-state index contributed by atoms with van der Waals surface area (Å²) in [6.07, 6.45) is 0.981. The van der Waals surface area contributed by atoms with Gasteiger partial charge in [0.15, 0.2) is 11.5 Å². The van der Waals surface area contributed by atoms with E-state index in [9.17, 15) is 14.4 Å². The number of anilines is 1. The van der Waals surface area contributed by atoms with Gasteiger partial charge in [0.05, 0.1) is 0 Å². The molecule has 2 aliphatic rings. The summed E-state index contributed by atoms with van der Waals surface area (Å²) >= 11 is 6.01. The lowest BCUT2D eigenvalue weighted by Crippen LogP contribution is -2.38. The minimum Gasteiger partial charge on any atom is -0.486 e. The molecular weight excluding hydrogens is 460 g/mol. The van der Waals surface area contributed by atoms with Crippen molar-refractivity contribution in [3.63, 3.8) is 0 Å². The van der Waals surface area contributed by atoms with Gasteiger partial charge in [0, 0.05) is 54.9 Å². The Kier molecular flexibility index (Phi) is 7.87. The molecule has 0 bridgehead atoms. The third-order valence-corrected chi connectivity index (χ3v) is 5.89. The molecule has 0 unspecified atom stereocenters. The number of halogens is 1. The summed E-state index contributed by atoms with van der Waals surface area (Å²) < 4.78 is 10.9. The summed E-state index contributed by atoms with van der Waals surface area (Å²) in [5.74, 6) is 0.766. The number of imide groups is 1. The second kappa shape index (κ2) is 11.2. The van der Waals surface area contributed by atoms with Gasteiger partial charge >= 0.3 is 6.03 Å². The highest BCUT2D eigenvalue weighted by atomic mass is 35.5. The minimum atomic E-state index is -0.601. The van der Waals surface area contributed by atoms with Crippen LogP contribution in [0.1, 0.15) is 23.2 Å². The molecule has 34 heavy (non-hydrogen) atoms. The summed E-state index contributed by atoms with van der Waals surface area (Å²) in [4.78, 5) is 41.2. The molecule has 0 spiro atoms. The van der Waals surface area contributed by atoms with Crippen molar-refractivity contribution >= 4 is 35.1 Å². The van der Waals surface area contributed by atoms with Gasteiger partial charge in [-0.3, -0.25) is 14.9 Å². The lowest BCUT2D eigenvalue weighted by molar-refractivity contribution is -0.120. The standard InChI is InChI=1S/C24H27ClN4O5/c25-18-4-1-3-17(15-18)23(31)29-9-2-8-28(11-12-29)10-7-22(30)27-24(32)26-19-5-6-20-21(16-19)34-14-13-33-20/h1,3-6,15-16H,2,7-14H2,(H2,26,27,30,32). The summed E-state index contributed by atoms with van der Waals surface area (Å²) in [6, 6.07) is 11.4. The molecule has 2 aliphatic heterocycles. The maximum absolute atomic E-state index is 12.8. The third kappa shape index (κ3) is 6.39. The number of carbonyl (C=O) groups excluding carboxylic acids is 3. The summed E-state index contributed by atoms with van der Waals surface area (Å²) in [5, 5.41) is 5.52. The zero-order valence-corrected chi connectivity index (χ0v) is 19.5. The molecule has 10 heteroatoms. The van der Waals surface area contributed by atoms with Crippen LogP contribution in [0.5, 0.6) is 11.5 Å². The fraction of sp³-hybridized carbons (Fsp3) is 0.375. The number of ether oxygens (including phenoxy) is 2. The molecule has 0 aromatic heterocycles. The van der Waals surface area contributed by atoms with Gasteiger partial charge in [-0.15, -0.1) is 0 Å².